The van der Waals surface area contributed by atoms with Crippen molar-refractivity contribution in [3.05, 3.63) is 24.4 Å². The van der Waals surface area contributed by atoms with E-state index >= 15 is 0 Å². The minimum atomic E-state index is 0.285. The Morgan fingerprint density at radius 3 is 2.58 bits per heavy atom. The maximum absolute atomic E-state index is 12.3. The van der Waals surface area contributed by atoms with Crippen molar-refractivity contribution in [2.24, 2.45) is 0 Å². The number of nitrogens with zero attached hydrogens (tertiary/aromatic N) is 6. The molecule has 0 bridgehead atoms. The summed E-state index contributed by atoms with van der Waals surface area (Å²) in [5.74, 6) is 2.25. The van der Waals surface area contributed by atoms with Gasteiger partial charge in [0.05, 0.1) is 12.7 Å². The van der Waals surface area contributed by atoms with Crippen molar-refractivity contribution < 1.29 is 4.79 Å². The van der Waals surface area contributed by atoms with Crippen LogP contribution >= 0.6 is 0 Å². The van der Waals surface area contributed by atoms with Gasteiger partial charge in [0.15, 0.2) is 5.82 Å². The lowest BCUT2D eigenvalue weighted by atomic mass is 10.3. The molecule has 128 valence electrons. The zero-order chi connectivity index (χ0) is 16.5. The van der Waals surface area contributed by atoms with Crippen LogP contribution < -0.4 is 4.90 Å². The molecule has 0 N–H and O–H groups in total. The number of carbonyl (C=O) groups excluding carboxylic acids is 1. The number of carbonyl (C=O) groups is 1. The molecule has 4 rings (SSSR count). The van der Waals surface area contributed by atoms with E-state index in [1.54, 1.807) is 0 Å². The molecule has 2 aromatic rings. The molecule has 24 heavy (non-hydrogen) atoms. The Bertz CT molecular complexity index is 728. The first kappa shape index (κ1) is 15.4. The maximum Gasteiger partial charge on any atom is 0.236 e. The summed E-state index contributed by atoms with van der Waals surface area (Å²) in [6.45, 7) is 8.01. The number of piperazine rings is 1. The second-order valence-electron chi connectivity index (χ2n) is 6.66. The molecule has 0 aromatic carbocycles. The predicted molar refractivity (Wildman–Crippen MR) is 92.2 cm³/mol. The van der Waals surface area contributed by atoms with E-state index in [-0.39, 0.29) is 5.91 Å². The fourth-order valence-corrected chi connectivity index (χ4v) is 3.66. The number of aromatic nitrogens is 3. The fourth-order valence-electron chi connectivity index (χ4n) is 3.66. The van der Waals surface area contributed by atoms with Gasteiger partial charge >= 0.3 is 0 Å². The van der Waals surface area contributed by atoms with Gasteiger partial charge in [-0.05, 0) is 19.8 Å². The zero-order valence-corrected chi connectivity index (χ0v) is 14.2. The topological polar surface area (TPSA) is 57.0 Å². The van der Waals surface area contributed by atoms with Gasteiger partial charge in [-0.1, -0.05) is 0 Å². The smallest absolute Gasteiger partial charge is 0.236 e. The van der Waals surface area contributed by atoms with Gasteiger partial charge in [-0.15, -0.1) is 0 Å². The lowest BCUT2D eigenvalue weighted by Gasteiger charge is -2.35. The molecule has 0 unspecified atom stereocenters. The Morgan fingerprint density at radius 2 is 1.83 bits per heavy atom. The number of fused-ring (bicyclic) bond motifs is 1. The molecule has 0 aliphatic carbocycles. The normalized spacial score (nSPS) is 19.4. The van der Waals surface area contributed by atoms with Crippen LogP contribution in [0, 0.1) is 6.92 Å². The highest BCUT2D eigenvalue weighted by atomic mass is 16.2. The Kier molecular flexibility index (Phi) is 4.10. The van der Waals surface area contributed by atoms with Gasteiger partial charge in [-0.3, -0.25) is 14.1 Å². The lowest BCUT2D eigenvalue weighted by Crippen LogP contribution is -2.50. The van der Waals surface area contributed by atoms with Crippen LogP contribution in [0.15, 0.2) is 18.6 Å². The van der Waals surface area contributed by atoms with Gasteiger partial charge < -0.3 is 9.80 Å². The minimum Gasteiger partial charge on any atom is -0.352 e. The summed E-state index contributed by atoms with van der Waals surface area (Å²) in [4.78, 5) is 27.8. The van der Waals surface area contributed by atoms with Crippen molar-refractivity contribution in [2.75, 3.05) is 50.7 Å². The highest BCUT2D eigenvalue weighted by Crippen LogP contribution is 2.21. The second-order valence-corrected chi connectivity index (χ2v) is 6.66. The Hall–Kier alpha value is -2.15. The summed E-state index contributed by atoms with van der Waals surface area (Å²) >= 11 is 0. The predicted octanol–water partition coefficient (Wildman–Crippen LogP) is 0.782. The van der Waals surface area contributed by atoms with Crippen molar-refractivity contribution in [3.63, 3.8) is 0 Å². The largest absolute Gasteiger partial charge is 0.352 e. The molecule has 2 fully saturated rings. The summed E-state index contributed by atoms with van der Waals surface area (Å²) in [6.07, 6.45) is 7.98. The summed E-state index contributed by atoms with van der Waals surface area (Å²) in [6, 6.07) is 0. The molecule has 1 amide bonds. The number of hydrogen-bond donors (Lipinski definition) is 0. The van der Waals surface area contributed by atoms with Gasteiger partial charge in [0.1, 0.15) is 11.3 Å². The summed E-state index contributed by atoms with van der Waals surface area (Å²) in [5, 5.41) is 0. The number of hydrogen-bond acceptors (Lipinski definition) is 5. The molecule has 0 atom stereocenters. The molecular weight excluding hydrogens is 304 g/mol. The second kappa shape index (κ2) is 6.39. The molecule has 4 heterocycles. The van der Waals surface area contributed by atoms with Gasteiger partial charge in [0, 0.05) is 51.7 Å². The van der Waals surface area contributed by atoms with Crippen molar-refractivity contribution >= 4 is 17.2 Å². The van der Waals surface area contributed by atoms with Crippen LogP contribution in [0.3, 0.4) is 0 Å². The SMILES string of the molecule is Cc1ncc2c(N3CCN(CC(=O)N4CCCC4)CC3)nccn12. The van der Waals surface area contributed by atoms with Crippen LogP contribution in [0.4, 0.5) is 5.82 Å². The highest BCUT2D eigenvalue weighted by Gasteiger charge is 2.24. The molecule has 0 radical (unpaired) electrons. The van der Waals surface area contributed by atoms with Crippen LogP contribution in [0.5, 0.6) is 0 Å². The zero-order valence-electron chi connectivity index (χ0n) is 14.2. The fraction of sp³-hybridized carbons (Fsp3) is 0.588. The third-order valence-corrected chi connectivity index (χ3v) is 5.11. The van der Waals surface area contributed by atoms with Crippen LogP contribution in [0.1, 0.15) is 18.7 Å². The van der Waals surface area contributed by atoms with E-state index in [0.717, 1.165) is 69.3 Å². The average molecular weight is 328 g/mol. The van der Waals surface area contributed by atoms with Crippen LogP contribution in [-0.4, -0.2) is 75.9 Å². The molecular formula is C17H24N6O. The number of amides is 1. The van der Waals surface area contributed by atoms with E-state index in [1.807, 2.05) is 30.4 Å². The molecule has 2 aliphatic rings. The Morgan fingerprint density at radius 1 is 1.08 bits per heavy atom. The van der Waals surface area contributed by atoms with Crippen molar-refractivity contribution in [3.8, 4) is 0 Å². The Labute approximate surface area is 141 Å². The number of likely N-dealkylation sites (tertiary alicyclic amines) is 1. The first-order chi connectivity index (χ1) is 11.7. The van der Waals surface area contributed by atoms with Crippen LogP contribution in [0.25, 0.3) is 5.52 Å². The molecule has 7 nitrogen and oxygen atoms in total. The maximum atomic E-state index is 12.3. The third kappa shape index (κ3) is 2.84. The molecule has 0 saturated carbocycles. The van der Waals surface area contributed by atoms with Crippen molar-refractivity contribution in [2.45, 2.75) is 19.8 Å². The monoisotopic (exact) mass is 328 g/mol. The summed E-state index contributed by atoms with van der Waals surface area (Å²) in [5.41, 5.74) is 1.05. The molecule has 2 saturated heterocycles. The minimum absolute atomic E-state index is 0.285. The molecule has 7 heteroatoms. The quantitative estimate of drug-likeness (QED) is 0.833. The van der Waals surface area contributed by atoms with Gasteiger partial charge in [0.25, 0.3) is 0 Å². The number of rotatable bonds is 3. The highest BCUT2D eigenvalue weighted by molar-refractivity contribution is 5.78. The van der Waals surface area contributed by atoms with Gasteiger partial charge in [0.2, 0.25) is 5.91 Å². The van der Waals surface area contributed by atoms with Gasteiger partial charge in [-0.25, -0.2) is 9.97 Å². The van der Waals surface area contributed by atoms with Crippen molar-refractivity contribution in [1.29, 1.82) is 0 Å². The first-order valence-corrected chi connectivity index (χ1v) is 8.76. The van der Waals surface area contributed by atoms with E-state index in [1.165, 1.54) is 0 Å². The van der Waals surface area contributed by atoms with Gasteiger partial charge in [-0.2, -0.15) is 0 Å². The molecule has 2 aromatic heterocycles. The first-order valence-electron chi connectivity index (χ1n) is 8.76. The van der Waals surface area contributed by atoms with E-state index in [4.69, 9.17) is 0 Å². The van der Waals surface area contributed by atoms with E-state index in [2.05, 4.69) is 24.2 Å². The van der Waals surface area contributed by atoms with E-state index < -0.39 is 0 Å². The number of anilines is 1. The van der Waals surface area contributed by atoms with E-state index in [9.17, 15) is 4.79 Å². The molecule has 2 aliphatic heterocycles. The van der Waals surface area contributed by atoms with Crippen LogP contribution in [0.2, 0.25) is 0 Å². The average Bonchev–Trinajstić information content (AvgIpc) is 3.26. The lowest BCUT2D eigenvalue weighted by molar-refractivity contribution is -0.131. The molecule has 0 spiro atoms. The van der Waals surface area contributed by atoms with E-state index in [0.29, 0.717) is 6.54 Å². The third-order valence-electron chi connectivity index (χ3n) is 5.11. The summed E-state index contributed by atoms with van der Waals surface area (Å²) < 4.78 is 2.08. The standard InChI is InChI=1S/C17H24N6O/c1-14-19-12-15-17(18-4-7-23(14)15)22-10-8-20(9-11-22)13-16(24)21-5-2-3-6-21/h4,7,12H,2-3,5-6,8-11,13H2,1H3. The van der Waals surface area contributed by atoms with Crippen molar-refractivity contribution in [1.82, 2.24) is 24.2 Å². The number of aryl methyl sites for hydroxylation is 1. The van der Waals surface area contributed by atoms with Crippen LogP contribution in [-0.2, 0) is 4.79 Å². The Balaban J connectivity index is 1.39. The summed E-state index contributed by atoms with van der Waals surface area (Å²) in [7, 11) is 0. The number of imidazole rings is 1.